The van der Waals surface area contributed by atoms with Crippen LogP contribution in [0.3, 0.4) is 0 Å². The van der Waals surface area contributed by atoms with Gasteiger partial charge in [-0.2, -0.15) is 5.26 Å². The third kappa shape index (κ3) is 3.37. The van der Waals surface area contributed by atoms with E-state index < -0.39 is 0 Å². The van der Waals surface area contributed by atoms with E-state index in [1.165, 1.54) is 7.11 Å². The molecular weight excluding hydrogens is 242 g/mol. The third-order valence-corrected chi connectivity index (χ3v) is 3.38. The van der Waals surface area contributed by atoms with Gasteiger partial charge in [0.1, 0.15) is 6.07 Å². The van der Waals surface area contributed by atoms with Gasteiger partial charge in [-0.15, -0.1) is 0 Å². The Bertz CT molecular complexity index is 476. The number of ether oxygens (including phenoxy) is 1. The second-order valence-corrected chi connectivity index (χ2v) is 4.65. The van der Waals surface area contributed by atoms with Crippen LogP contribution in [-0.4, -0.2) is 49.8 Å². The van der Waals surface area contributed by atoms with Crippen molar-refractivity contribution < 1.29 is 9.84 Å². The number of hydrogen-bond acceptors (Lipinski definition) is 5. The molecule has 5 heteroatoms. The summed E-state index contributed by atoms with van der Waals surface area (Å²) in [5, 5.41) is 22.2. The maximum absolute atomic E-state index is 9.84. The van der Waals surface area contributed by atoms with Crippen LogP contribution in [0.4, 0.5) is 0 Å². The van der Waals surface area contributed by atoms with E-state index in [1.807, 2.05) is 0 Å². The molecule has 0 amide bonds. The van der Waals surface area contributed by atoms with Crippen molar-refractivity contribution in [2.45, 2.75) is 6.42 Å². The van der Waals surface area contributed by atoms with Crippen LogP contribution in [0.5, 0.6) is 11.5 Å². The maximum Gasteiger partial charge on any atom is 0.178 e. The van der Waals surface area contributed by atoms with Crippen LogP contribution in [0.25, 0.3) is 0 Å². The highest BCUT2D eigenvalue weighted by molar-refractivity contribution is 5.54. The molecule has 1 saturated heterocycles. The lowest BCUT2D eigenvalue weighted by atomic mass is 10.1. The number of methoxy groups -OCH3 is 1. The summed E-state index contributed by atoms with van der Waals surface area (Å²) in [5.74, 6) is 0.297. The zero-order valence-corrected chi connectivity index (χ0v) is 11.1. The van der Waals surface area contributed by atoms with Gasteiger partial charge < -0.3 is 20.1 Å². The van der Waals surface area contributed by atoms with E-state index in [2.05, 4.69) is 16.3 Å². The zero-order chi connectivity index (χ0) is 13.7. The largest absolute Gasteiger partial charge is 0.504 e. The Hall–Kier alpha value is -1.77. The lowest BCUT2D eigenvalue weighted by Gasteiger charge is -2.27. The van der Waals surface area contributed by atoms with E-state index in [-0.39, 0.29) is 11.5 Å². The van der Waals surface area contributed by atoms with E-state index in [1.54, 1.807) is 12.1 Å². The summed E-state index contributed by atoms with van der Waals surface area (Å²) >= 11 is 0. The Morgan fingerprint density at radius 1 is 1.42 bits per heavy atom. The number of benzene rings is 1. The number of nitrogens with one attached hydrogen (secondary N) is 1. The van der Waals surface area contributed by atoms with Crippen LogP contribution in [0.15, 0.2) is 12.1 Å². The van der Waals surface area contributed by atoms with E-state index in [9.17, 15) is 5.11 Å². The van der Waals surface area contributed by atoms with Gasteiger partial charge in [0.05, 0.1) is 12.7 Å². The Balaban J connectivity index is 2.04. The molecule has 1 aliphatic rings. The molecule has 1 aliphatic heterocycles. The lowest BCUT2D eigenvalue weighted by Crippen LogP contribution is -2.44. The molecule has 1 aromatic carbocycles. The number of aromatic hydroxyl groups is 1. The zero-order valence-electron chi connectivity index (χ0n) is 11.1. The lowest BCUT2D eigenvalue weighted by molar-refractivity contribution is 0.244. The van der Waals surface area contributed by atoms with Gasteiger partial charge in [0.15, 0.2) is 11.5 Å². The fraction of sp³-hybridized carbons (Fsp3) is 0.500. The number of rotatable bonds is 4. The van der Waals surface area contributed by atoms with Crippen molar-refractivity contribution in [3.05, 3.63) is 23.3 Å². The minimum Gasteiger partial charge on any atom is -0.504 e. The molecule has 1 heterocycles. The van der Waals surface area contributed by atoms with Crippen LogP contribution in [0.1, 0.15) is 11.1 Å². The summed E-state index contributed by atoms with van der Waals surface area (Å²) in [7, 11) is 1.45. The van der Waals surface area contributed by atoms with Crippen molar-refractivity contribution in [2.75, 3.05) is 39.8 Å². The van der Waals surface area contributed by atoms with E-state index >= 15 is 0 Å². The van der Waals surface area contributed by atoms with Crippen molar-refractivity contribution in [1.29, 1.82) is 5.26 Å². The fourth-order valence-corrected chi connectivity index (χ4v) is 2.34. The highest BCUT2D eigenvalue weighted by Gasteiger charge is 2.13. The second-order valence-electron chi connectivity index (χ2n) is 4.65. The maximum atomic E-state index is 9.84. The molecule has 2 rings (SSSR count). The van der Waals surface area contributed by atoms with Crippen LogP contribution in [0.2, 0.25) is 0 Å². The van der Waals surface area contributed by atoms with Crippen LogP contribution >= 0.6 is 0 Å². The first-order valence-electron chi connectivity index (χ1n) is 6.47. The number of hydrogen-bond donors (Lipinski definition) is 2. The van der Waals surface area contributed by atoms with Gasteiger partial charge in [0, 0.05) is 32.7 Å². The van der Waals surface area contributed by atoms with Crippen LogP contribution in [-0.2, 0) is 6.42 Å². The number of piperazine rings is 1. The van der Waals surface area contributed by atoms with Crippen molar-refractivity contribution >= 4 is 0 Å². The molecule has 0 aromatic heterocycles. The van der Waals surface area contributed by atoms with Gasteiger partial charge >= 0.3 is 0 Å². The van der Waals surface area contributed by atoms with Crippen molar-refractivity contribution in [2.24, 2.45) is 0 Å². The summed E-state index contributed by atoms with van der Waals surface area (Å²) < 4.78 is 5.03. The first kappa shape index (κ1) is 13.7. The van der Waals surface area contributed by atoms with Crippen molar-refractivity contribution in [3.63, 3.8) is 0 Å². The minimum absolute atomic E-state index is 0.0388. The number of phenolic OH excluding ortho intramolecular Hbond substituents is 1. The van der Waals surface area contributed by atoms with Crippen LogP contribution in [0, 0.1) is 11.3 Å². The molecule has 0 saturated carbocycles. The summed E-state index contributed by atoms with van der Waals surface area (Å²) in [6.45, 7) is 5.09. The van der Waals surface area contributed by atoms with E-state index in [0.717, 1.165) is 44.7 Å². The average Bonchev–Trinajstić information content (AvgIpc) is 2.45. The summed E-state index contributed by atoms with van der Waals surface area (Å²) in [5.41, 5.74) is 1.35. The summed E-state index contributed by atoms with van der Waals surface area (Å²) in [4.78, 5) is 2.38. The summed E-state index contributed by atoms with van der Waals surface area (Å²) in [6.07, 6.45) is 0.826. The molecule has 0 unspecified atom stereocenters. The molecular formula is C14H19N3O2. The normalized spacial score (nSPS) is 16.0. The first-order chi connectivity index (χ1) is 9.24. The van der Waals surface area contributed by atoms with E-state index in [4.69, 9.17) is 10.00 Å². The van der Waals surface area contributed by atoms with Crippen molar-refractivity contribution in [1.82, 2.24) is 10.2 Å². The van der Waals surface area contributed by atoms with Crippen LogP contribution < -0.4 is 10.1 Å². The highest BCUT2D eigenvalue weighted by atomic mass is 16.5. The smallest absolute Gasteiger partial charge is 0.178 e. The SMILES string of the molecule is COc1c(O)cc(CCN2CCNCC2)cc1C#N. The molecule has 102 valence electrons. The monoisotopic (exact) mass is 261 g/mol. The quantitative estimate of drug-likeness (QED) is 0.836. The molecule has 0 atom stereocenters. The fourth-order valence-electron chi connectivity index (χ4n) is 2.34. The van der Waals surface area contributed by atoms with Gasteiger partial charge in [0.25, 0.3) is 0 Å². The number of nitrogens with zero attached hydrogens (tertiary/aromatic N) is 2. The second kappa shape index (κ2) is 6.41. The standard InChI is InChI=1S/C14H19N3O2/c1-19-14-12(10-15)8-11(9-13(14)18)2-5-17-6-3-16-4-7-17/h8-9,16,18H,2-7H2,1H3. The topological polar surface area (TPSA) is 68.5 Å². The van der Waals surface area contributed by atoms with Crippen molar-refractivity contribution in [3.8, 4) is 17.6 Å². The van der Waals surface area contributed by atoms with Gasteiger partial charge in [-0.25, -0.2) is 0 Å². The molecule has 2 N–H and O–H groups in total. The molecule has 0 radical (unpaired) electrons. The molecule has 1 fully saturated rings. The highest BCUT2D eigenvalue weighted by Crippen LogP contribution is 2.31. The van der Waals surface area contributed by atoms with E-state index in [0.29, 0.717) is 5.56 Å². The van der Waals surface area contributed by atoms with Gasteiger partial charge in [0.2, 0.25) is 0 Å². The minimum atomic E-state index is 0.0388. The van der Waals surface area contributed by atoms with Gasteiger partial charge in [-0.3, -0.25) is 0 Å². The molecule has 0 spiro atoms. The predicted molar refractivity (Wildman–Crippen MR) is 72.4 cm³/mol. The number of phenols is 1. The first-order valence-corrected chi connectivity index (χ1v) is 6.47. The molecule has 0 bridgehead atoms. The van der Waals surface area contributed by atoms with Gasteiger partial charge in [-0.05, 0) is 24.1 Å². The Morgan fingerprint density at radius 2 is 2.16 bits per heavy atom. The van der Waals surface area contributed by atoms with Gasteiger partial charge in [-0.1, -0.05) is 0 Å². The Morgan fingerprint density at radius 3 is 2.79 bits per heavy atom. The molecule has 5 nitrogen and oxygen atoms in total. The third-order valence-electron chi connectivity index (χ3n) is 3.38. The summed E-state index contributed by atoms with van der Waals surface area (Å²) in [6, 6.07) is 5.53. The number of nitriles is 1. The molecule has 0 aliphatic carbocycles. The molecule has 1 aromatic rings. The Kier molecular flexibility index (Phi) is 4.61. The average molecular weight is 261 g/mol. The molecule has 19 heavy (non-hydrogen) atoms. The Labute approximate surface area is 113 Å². The predicted octanol–water partition coefficient (Wildman–Crippen LogP) is 0.720.